The number of nitrogens with one attached hydrogen (secondary N) is 2. The van der Waals surface area contributed by atoms with Crippen LogP contribution in [0.25, 0.3) is 5.57 Å². The minimum atomic E-state index is -0.378. The predicted octanol–water partition coefficient (Wildman–Crippen LogP) is 15.7. The first-order valence-electron chi connectivity index (χ1n) is 26.1. The van der Waals surface area contributed by atoms with Crippen molar-refractivity contribution in [2.45, 2.75) is 134 Å². The number of nitrogens with zero attached hydrogens (tertiary/aromatic N) is 2. The first-order chi connectivity index (χ1) is 34.5. The Kier molecular flexibility index (Phi) is 16.9. The maximum Gasteiger partial charge on any atom is 0.227 e. The van der Waals surface area contributed by atoms with Gasteiger partial charge in [-0.25, -0.2) is 0 Å². The SMILES string of the molecule is CCCCC(CC)C(=O)NC1=CC(=[N+](c2ccc(C)cc2C)c2ccc(C)cc2C)C=C/C1=C1\C(=O)C(c2ccc(N(c3ccc(C)cc3C)c3ccc(C)cc3C)cc2NC(=O)C(CC)CCCC)=C1O. The summed E-state index contributed by atoms with van der Waals surface area (Å²) in [4.78, 5) is 45.9. The summed E-state index contributed by atoms with van der Waals surface area (Å²) in [7, 11) is 0. The lowest BCUT2D eigenvalue weighted by atomic mass is 9.78. The molecule has 0 bridgehead atoms. The quantitative estimate of drug-likeness (QED) is 0.0600. The summed E-state index contributed by atoms with van der Waals surface area (Å²) in [6.45, 7) is 25.0. The Hall–Kier alpha value is -7.06. The molecular weight excluding hydrogens is 889 g/mol. The van der Waals surface area contributed by atoms with E-state index in [1.165, 1.54) is 0 Å². The highest BCUT2D eigenvalue weighted by Gasteiger charge is 2.40. The average Bonchev–Trinajstić information content (AvgIpc) is 3.33. The normalized spacial score (nSPS) is 15.2. The Morgan fingerprint density at radius 3 is 1.53 bits per heavy atom. The van der Waals surface area contributed by atoms with E-state index in [4.69, 9.17) is 0 Å². The van der Waals surface area contributed by atoms with Crippen LogP contribution in [0.5, 0.6) is 0 Å². The number of ketones is 1. The number of benzene rings is 5. The topological polar surface area (TPSA) is 102 Å². The van der Waals surface area contributed by atoms with Gasteiger partial charge in [-0.2, -0.15) is 4.58 Å². The van der Waals surface area contributed by atoms with Crippen LogP contribution in [-0.2, 0) is 14.4 Å². The molecule has 0 heterocycles. The average molecular weight is 964 g/mol. The maximum absolute atomic E-state index is 15.0. The van der Waals surface area contributed by atoms with Gasteiger partial charge in [-0.15, -0.1) is 0 Å². The molecule has 0 aliphatic heterocycles. The van der Waals surface area contributed by atoms with Crippen molar-refractivity contribution in [1.29, 1.82) is 0 Å². The van der Waals surface area contributed by atoms with E-state index in [0.717, 1.165) is 117 Å². The summed E-state index contributed by atoms with van der Waals surface area (Å²) in [5, 5.41) is 18.9. The molecule has 0 saturated carbocycles. The number of amides is 2. The molecule has 374 valence electrons. The molecule has 8 heteroatoms. The number of aliphatic hydroxyl groups excluding tert-OH is 1. The standard InChI is InChI=1S/C64H74N4O4/c1-13-17-19-47(15-3)63(71)65-53-37-49(67(55-29-21-39(5)33-43(55)9)56-30-22-40(6)34-44(56)10)25-27-51(53)59-61(69)60(62(59)70)52-28-26-50(38-54(52)66-64(72)48(16-4)20-18-14-2)68(57-31-23-41(7)35-45(57)11)58-32-24-42(8)36-46(58)12/h21-38,47-48H,13-20H2,1-12H3,(H2,65,66,69,70,71,72)/p+1. The van der Waals surface area contributed by atoms with E-state index < -0.39 is 0 Å². The van der Waals surface area contributed by atoms with Crippen molar-refractivity contribution < 1.29 is 19.5 Å². The number of carbonyl (C=O) groups is 3. The van der Waals surface area contributed by atoms with E-state index >= 15 is 4.79 Å². The van der Waals surface area contributed by atoms with Crippen molar-refractivity contribution >= 4 is 63.0 Å². The van der Waals surface area contributed by atoms with Gasteiger partial charge in [0.1, 0.15) is 5.76 Å². The van der Waals surface area contributed by atoms with Crippen molar-refractivity contribution in [1.82, 2.24) is 9.89 Å². The van der Waals surface area contributed by atoms with Gasteiger partial charge in [0.15, 0.2) is 0 Å². The molecular formula is C64H75N4O4+. The maximum atomic E-state index is 15.0. The van der Waals surface area contributed by atoms with Crippen molar-refractivity contribution in [3.63, 3.8) is 0 Å². The summed E-state index contributed by atoms with van der Waals surface area (Å²) >= 11 is 0. The van der Waals surface area contributed by atoms with Gasteiger partial charge in [-0.3, -0.25) is 14.4 Å². The second-order valence-electron chi connectivity index (χ2n) is 20.2. The summed E-state index contributed by atoms with van der Waals surface area (Å²) in [5.74, 6) is -1.30. The highest BCUT2D eigenvalue weighted by molar-refractivity contribution is 6.40. The summed E-state index contributed by atoms with van der Waals surface area (Å²) in [6, 6.07) is 31.3. The third-order valence-corrected chi connectivity index (χ3v) is 14.4. The number of hydrogen-bond donors (Lipinski definition) is 3. The zero-order chi connectivity index (χ0) is 52.0. The number of allylic oxidation sites excluding steroid dienone is 5. The Morgan fingerprint density at radius 1 is 0.583 bits per heavy atom. The zero-order valence-electron chi connectivity index (χ0n) is 44.8. The molecule has 5 aromatic carbocycles. The van der Waals surface area contributed by atoms with E-state index in [1.807, 2.05) is 50.3 Å². The van der Waals surface area contributed by atoms with Gasteiger partial charge < -0.3 is 20.6 Å². The fourth-order valence-electron chi connectivity index (χ4n) is 10.3. The van der Waals surface area contributed by atoms with Crippen LogP contribution in [0.2, 0.25) is 0 Å². The number of carbonyl (C=O) groups excluding carboxylic acids is 3. The van der Waals surface area contributed by atoms with Gasteiger partial charge >= 0.3 is 0 Å². The molecule has 7 rings (SSSR count). The van der Waals surface area contributed by atoms with Crippen LogP contribution >= 0.6 is 0 Å². The molecule has 0 aromatic heterocycles. The van der Waals surface area contributed by atoms with Crippen molar-refractivity contribution in [3.8, 4) is 0 Å². The monoisotopic (exact) mass is 964 g/mol. The highest BCUT2D eigenvalue weighted by atomic mass is 16.3. The van der Waals surface area contributed by atoms with Gasteiger partial charge in [-0.1, -0.05) is 112 Å². The molecule has 72 heavy (non-hydrogen) atoms. The van der Waals surface area contributed by atoms with E-state index in [0.29, 0.717) is 35.4 Å². The minimum absolute atomic E-state index is 0.112. The number of unbranched alkanes of at least 4 members (excludes halogenated alkanes) is 2. The van der Waals surface area contributed by atoms with Crippen LogP contribution in [-0.4, -0.2) is 28.4 Å². The number of rotatable bonds is 18. The van der Waals surface area contributed by atoms with Crippen LogP contribution in [0.3, 0.4) is 0 Å². The van der Waals surface area contributed by atoms with Crippen LogP contribution in [0.15, 0.2) is 132 Å². The molecule has 0 saturated heterocycles. The lowest BCUT2D eigenvalue weighted by Crippen LogP contribution is -2.34. The molecule has 0 spiro atoms. The summed E-state index contributed by atoms with van der Waals surface area (Å²) in [5.41, 5.74) is 16.4. The number of Topliss-reactive ketones (excluding diaryl/α,β-unsaturated/α-hetero) is 1. The third kappa shape index (κ3) is 11.2. The summed E-state index contributed by atoms with van der Waals surface area (Å²) < 4.78 is 2.20. The van der Waals surface area contributed by atoms with Crippen molar-refractivity contribution in [2.24, 2.45) is 11.8 Å². The molecule has 5 aromatic rings. The van der Waals surface area contributed by atoms with E-state index in [1.54, 1.807) is 0 Å². The Bertz CT molecular complexity index is 2980. The van der Waals surface area contributed by atoms with Crippen molar-refractivity contribution in [3.05, 3.63) is 182 Å². The largest absolute Gasteiger partial charge is 0.506 e. The van der Waals surface area contributed by atoms with Crippen molar-refractivity contribution in [2.75, 3.05) is 10.2 Å². The molecule has 2 aliphatic rings. The molecule has 8 nitrogen and oxygen atoms in total. The van der Waals surface area contributed by atoms with Gasteiger partial charge in [0.2, 0.25) is 34.7 Å². The highest BCUT2D eigenvalue weighted by Crippen LogP contribution is 2.46. The smallest absolute Gasteiger partial charge is 0.227 e. The van der Waals surface area contributed by atoms with Gasteiger partial charge in [0.25, 0.3) is 0 Å². The van der Waals surface area contributed by atoms with Crippen LogP contribution in [0.1, 0.15) is 129 Å². The van der Waals surface area contributed by atoms with Crippen LogP contribution in [0, 0.1) is 67.2 Å². The lowest BCUT2D eigenvalue weighted by molar-refractivity contribution is -0.124. The molecule has 2 aliphatic carbocycles. The van der Waals surface area contributed by atoms with Crippen LogP contribution < -0.4 is 20.1 Å². The Morgan fingerprint density at radius 2 is 1.07 bits per heavy atom. The predicted molar refractivity (Wildman–Crippen MR) is 301 cm³/mol. The van der Waals surface area contributed by atoms with E-state index in [9.17, 15) is 14.7 Å². The van der Waals surface area contributed by atoms with E-state index in [2.05, 4.69) is 162 Å². The lowest BCUT2D eigenvalue weighted by Gasteiger charge is -2.31. The molecule has 2 amide bonds. The summed E-state index contributed by atoms with van der Waals surface area (Å²) in [6.07, 6.45) is 12.3. The number of hydrogen-bond acceptors (Lipinski definition) is 5. The van der Waals surface area contributed by atoms with Gasteiger partial charge in [-0.05, 0) is 141 Å². The van der Waals surface area contributed by atoms with Gasteiger partial charge in [0, 0.05) is 75.4 Å². The number of aryl methyl sites for hydroxylation is 8. The molecule has 2 unspecified atom stereocenters. The fraction of sp³-hybridized carbons (Fsp3) is 0.344. The Balaban J connectivity index is 1.43. The second kappa shape index (κ2) is 23.0. The molecule has 0 fully saturated rings. The minimum Gasteiger partial charge on any atom is -0.506 e. The zero-order valence-corrected chi connectivity index (χ0v) is 44.8. The third-order valence-electron chi connectivity index (χ3n) is 14.4. The van der Waals surface area contributed by atoms with Gasteiger partial charge in [0.05, 0.1) is 22.5 Å². The first kappa shape index (κ1) is 52.8. The molecule has 3 N–H and O–H groups in total. The molecule has 2 atom stereocenters. The van der Waals surface area contributed by atoms with Crippen LogP contribution in [0.4, 0.5) is 34.1 Å². The number of anilines is 4. The molecule has 0 radical (unpaired) electrons. The Labute approximate surface area is 429 Å². The number of aliphatic hydroxyl groups is 1. The first-order valence-corrected chi connectivity index (χ1v) is 26.1. The second-order valence-corrected chi connectivity index (χ2v) is 20.2. The van der Waals surface area contributed by atoms with E-state index in [-0.39, 0.29) is 46.3 Å². The fourth-order valence-corrected chi connectivity index (χ4v) is 10.3.